The lowest BCUT2D eigenvalue weighted by atomic mass is 9.96. The number of pyridine rings is 1. The van der Waals surface area contributed by atoms with Crippen molar-refractivity contribution in [3.05, 3.63) is 188 Å². The molecule has 11 aromatic rings. The Morgan fingerprint density at radius 2 is 1.09 bits per heavy atom. The Kier molecular flexibility index (Phi) is 7.26. The van der Waals surface area contributed by atoms with Crippen molar-refractivity contribution in [3.63, 3.8) is 0 Å². The van der Waals surface area contributed by atoms with Gasteiger partial charge in [0, 0.05) is 53.8 Å². The molecule has 0 atom stereocenters. The third-order valence-corrected chi connectivity index (χ3v) is 12.2. The fourth-order valence-electron chi connectivity index (χ4n) is 8.39. The van der Waals surface area contributed by atoms with Gasteiger partial charge in [0.25, 0.3) is 0 Å². The van der Waals surface area contributed by atoms with Crippen LogP contribution in [0.2, 0.25) is 0 Å². The molecule has 0 unspecified atom stereocenters. The molecule has 0 aliphatic carbocycles. The number of fused-ring (bicyclic) bond motifs is 9. The summed E-state index contributed by atoms with van der Waals surface area (Å²) < 4.78 is 4.89. The monoisotopic (exact) mass is 719 g/mol. The van der Waals surface area contributed by atoms with Crippen LogP contribution in [-0.4, -0.2) is 14.5 Å². The molecule has 0 aliphatic heterocycles. The predicted molar refractivity (Wildman–Crippen MR) is 233 cm³/mol. The summed E-state index contributed by atoms with van der Waals surface area (Å²) in [6, 6.07) is 63.1. The average Bonchev–Trinajstić information content (AvgIpc) is 3.85. The van der Waals surface area contributed by atoms with Crippen molar-refractivity contribution in [3.8, 4) is 50.6 Å². The highest BCUT2D eigenvalue weighted by molar-refractivity contribution is 7.26. The number of benzene rings is 8. The van der Waals surface area contributed by atoms with Crippen molar-refractivity contribution >= 4 is 64.1 Å². The molecule has 258 valence electrons. The lowest BCUT2D eigenvalue weighted by Crippen LogP contribution is -2.02. The minimum Gasteiger partial charge on any atom is -0.291 e. The quantitative estimate of drug-likeness (QED) is 0.166. The van der Waals surface area contributed by atoms with E-state index in [2.05, 4.69) is 188 Å². The Hall–Kier alpha value is -6.88. The molecule has 8 aromatic carbocycles. The van der Waals surface area contributed by atoms with E-state index in [9.17, 15) is 0 Å². The first-order chi connectivity index (χ1) is 27.2. The van der Waals surface area contributed by atoms with Gasteiger partial charge in [0.1, 0.15) is 5.82 Å². The highest BCUT2D eigenvalue weighted by Gasteiger charge is 2.25. The zero-order chi connectivity index (χ0) is 36.5. The molecule has 0 N–H and O–H groups in total. The first-order valence-electron chi connectivity index (χ1n) is 18.7. The molecule has 4 heteroatoms. The topological polar surface area (TPSA) is 30.7 Å². The van der Waals surface area contributed by atoms with Gasteiger partial charge in [-0.05, 0) is 58.1 Å². The summed E-state index contributed by atoms with van der Waals surface area (Å²) in [5, 5.41) is 7.16. The van der Waals surface area contributed by atoms with E-state index in [-0.39, 0.29) is 0 Å². The highest BCUT2D eigenvalue weighted by atomic mass is 32.1. The van der Waals surface area contributed by atoms with Gasteiger partial charge in [-0.15, -0.1) is 11.3 Å². The maximum absolute atomic E-state index is 5.74. The van der Waals surface area contributed by atoms with Crippen LogP contribution in [0.5, 0.6) is 0 Å². The van der Waals surface area contributed by atoms with Crippen LogP contribution in [0.4, 0.5) is 0 Å². The van der Waals surface area contributed by atoms with Gasteiger partial charge in [0.2, 0.25) is 0 Å². The first kappa shape index (κ1) is 31.6. The van der Waals surface area contributed by atoms with Gasteiger partial charge >= 0.3 is 0 Å². The molecular weight excluding hydrogens is 687 g/mol. The van der Waals surface area contributed by atoms with Gasteiger partial charge in [0.05, 0.1) is 22.4 Å². The molecule has 3 nitrogen and oxygen atoms in total. The summed E-state index contributed by atoms with van der Waals surface area (Å²) in [7, 11) is 0. The smallest absolute Gasteiger partial charge is 0.147 e. The molecule has 3 aromatic heterocycles. The molecule has 55 heavy (non-hydrogen) atoms. The van der Waals surface area contributed by atoms with E-state index < -0.39 is 0 Å². The molecule has 0 spiro atoms. The minimum absolute atomic E-state index is 0.923. The third-order valence-electron chi connectivity index (χ3n) is 11.0. The third kappa shape index (κ3) is 5.03. The lowest BCUT2D eigenvalue weighted by molar-refractivity contribution is 1.11. The Balaban J connectivity index is 1.30. The average molecular weight is 720 g/mol. The zero-order valence-corrected chi connectivity index (χ0v) is 30.9. The number of aryl methyl sites for hydroxylation is 1. The van der Waals surface area contributed by atoms with Gasteiger partial charge in [-0.2, -0.15) is 0 Å². The first-order valence-corrected chi connectivity index (χ1v) is 19.5. The second-order valence-corrected chi connectivity index (χ2v) is 15.2. The summed E-state index contributed by atoms with van der Waals surface area (Å²) in [6.07, 6.45) is 2.06. The van der Waals surface area contributed by atoms with Crippen LogP contribution in [-0.2, 0) is 0 Å². The van der Waals surface area contributed by atoms with Crippen molar-refractivity contribution in [1.29, 1.82) is 0 Å². The minimum atomic E-state index is 0.923. The molecule has 0 saturated carbocycles. The van der Waals surface area contributed by atoms with Crippen LogP contribution < -0.4 is 0 Å². The van der Waals surface area contributed by atoms with E-state index >= 15 is 0 Å². The molecule has 0 amide bonds. The number of rotatable bonds is 5. The van der Waals surface area contributed by atoms with Crippen LogP contribution >= 0.6 is 11.3 Å². The maximum atomic E-state index is 5.74. The van der Waals surface area contributed by atoms with Crippen LogP contribution in [0, 0.1) is 6.92 Å². The Bertz CT molecular complexity index is 3250. The fraction of sp³-hybridized carbons (Fsp3) is 0.0196. The van der Waals surface area contributed by atoms with Crippen LogP contribution in [0.3, 0.4) is 0 Å². The van der Waals surface area contributed by atoms with Crippen molar-refractivity contribution in [1.82, 2.24) is 14.5 Å². The number of aromatic nitrogens is 3. The number of imidazole rings is 1. The normalized spacial score (nSPS) is 11.7. The number of hydrogen-bond donors (Lipinski definition) is 0. The van der Waals surface area contributed by atoms with Crippen molar-refractivity contribution in [2.75, 3.05) is 0 Å². The molecule has 11 rings (SSSR count). The predicted octanol–water partition coefficient (Wildman–Crippen LogP) is 14.1. The standard InChI is InChI=1S/C51H33N3S/c1-32-25-27-42(50-47(32)43-31-52-44(30-46(43)55-50)35-19-9-4-10-20-35)51-53-48-40-23-13-11-21-38(40)39-22-12-14-24-41(39)49(48)54(51)45-29-36(33-15-5-2-6-16-33)26-28-37(45)34-17-7-3-8-18-34/h2-31H,1H3. The van der Waals surface area contributed by atoms with Crippen molar-refractivity contribution in [2.24, 2.45) is 0 Å². The molecule has 3 heterocycles. The van der Waals surface area contributed by atoms with Gasteiger partial charge < -0.3 is 0 Å². The molecule has 0 saturated heterocycles. The summed E-state index contributed by atoms with van der Waals surface area (Å²) in [5.41, 5.74) is 12.3. The molecule has 0 bridgehead atoms. The Morgan fingerprint density at radius 1 is 0.491 bits per heavy atom. The highest BCUT2D eigenvalue weighted by Crippen LogP contribution is 2.46. The number of thiophene rings is 1. The molecule has 0 aliphatic rings. The fourth-order valence-corrected chi connectivity index (χ4v) is 9.69. The van der Waals surface area contributed by atoms with Gasteiger partial charge in [0.15, 0.2) is 0 Å². The molecule has 0 fully saturated rings. The maximum Gasteiger partial charge on any atom is 0.147 e. The van der Waals surface area contributed by atoms with Crippen LogP contribution in [0.25, 0.3) is 103 Å². The largest absolute Gasteiger partial charge is 0.291 e. The second-order valence-electron chi connectivity index (χ2n) is 14.2. The SMILES string of the molecule is Cc1ccc(-c2nc3c4ccccc4c4ccccc4c3n2-c2cc(-c3ccccc3)ccc2-c2ccccc2)c2sc3cc(-c4ccccc4)ncc3c12. The molecular formula is C51H33N3S. The summed E-state index contributed by atoms with van der Waals surface area (Å²) in [6.45, 7) is 2.21. The van der Waals surface area contributed by atoms with Gasteiger partial charge in [-0.1, -0.05) is 158 Å². The van der Waals surface area contributed by atoms with Gasteiger partial charge in [-0.3, -0.25) is 9.55 Å². The van der Waals surface area contributed by atoms with E-state index in [4.69, 9.17) is 9.97 Å². The van der Waals surface area contributed by atoms with E-state index in [1.165, 1.54) is 47.5 Å². The Labute approximate surface area is 322 Å². The van der Waals surface area contributed by atoms with Crippen molar-refractivity contribution < 1.29 is 0 Å². The zero-order valence-electron chi connectivity index (χ0n) is 30.1. The molecule has 0 radical (unpaired) electrons. The lowest BCUT2D eigenvalue weighted by Gasteiger charge is -2.18. The Morgan fingerprint density at radius 3 is 1.82 bits per heavy atom. The summed E-state index contributed by atoms with van der Waals surface area (Å²) >= 11 is 1.83. The van der Waals surface area contributed by atoms with Crippen LogP contribution in [0.1, 0.15) is 5.56 Å². The summed E-state index contributed by atoms with van der Waals surface area (Å²) in [5.74, 6) is 0.923. The summed E-state index contributed by atoms with van der Waals surface area (Å²) in [4.78, 5) is 10.7. The van der Waals surface area contributed by atoms with Crippen LogP contribution in [0.15, 0.2) is 182 Å². The number of nitrogens with zero attached hydrogens (tertiary/aromatic N) is 3. The van der Waals surface area contributed by atoms with E-state index in [1.54, 1.807) is 0 Å². The number of hydrogen-bond acceptors (Lipinski definition) is 3. The van der Waals surface area contributed by atoms with E-state index in [0.29, 0.717) is 0 Å². The van der Waals surface area contributed by atoms with Crippen molar-refractivity contribution in [2.45, 2.75) is 6.92 Å². The van der Waals surface area contributed by atoms with E-state index in [0.717, 1.165) is 61.4 Å². The van der Waals surface area contributed by atoms with E-state index in [1.807, 2.05) is 17.4 Å². The second kappa shape index (κ2) is 12.6. The van der Waals surface area contributed by atoms with Gasteiger partial charge in [-0.25, -0.2) is 4.98 Å².